The number of rotatable bonds is 8. The second-order valence-electron chi connectivity index (χ2n) is 7.52. The largest absolute Gasteiger partial charge is 0.384 e. The van der Waals surface area contributed by atoms with Gasteiger partial charge in [0.15, 0.2) is 0 Å². The van der Waals surface area contributed by atoms with Crippen molar-refractivity contribution in [3.63, 3.8) is 0 Å². The van der Waals surface area contributed by atoms with E-state index in [1.807, 2.05) is 37.3 Å². The van der Waals surface area contributed by atoms with Crippen molar-refractivity contribution in [3.8, 4) is 0 Å². The smallest absolute Gasteiger partial charge is 0.246 e. The fraction of sp³-hybridized carbons (Fsp3) is 0.348. The summed E-state index contributed by atoms with van der Waals surface area (Å²) in [5, 5.41) is 13.8. The van der Waals surface area contributed by atoms with Gasteiger partial charge in [-0.3, -0.25) is 15.0 Å². The van der Waals surface area contributed by atoms with Crippen molar-refractivity contribution < 1.29 is 9.59 Å². The molecule has 5 N–H and O–H groups in total. The number of nitrogen functional groups attached to an aromatic ring is 1. The van der Waals surface area contributed by atoms with Gasteiger partial charge in [-0.1, -0.05) is 25.5 Å². The average Bonchev–Trinajstić information content (AvgIpc) is 2.74. The van der Waals surface area contributed by atoms with Crippen LogP contribution in [0.15, 0.2) is 48.5 Å². The number of nitrogens with one attached hydrogen (secondary N) is 3. The molecular weight excluding hydrogens is 378 g/mol. The summed E-state index contributed by atoms with van der Waals surface area (Å²) in [5.74, 6) is 0.00679. The van der Waals surface area contributed by atoms with Crippen LogP contribution in [-0.2, 0) is 9.59 Å². The van der Waals surface area contributed by atoms with Gasteiger partial charge >= 0.3 is 0 Å². The van der Waals surface area contributed by atoms with E-state index in [0.717, 1.165) is 37.2 Å². The molecule has 0 bridgehead atoms. The van der Waals surface area contributed by atoms with Crippen LogP contribution < -0.4 is 21.3 Å². The minimum Gasteiger partial charge on any atom is -0.384 e. The lowest BCUT2D eigenvalue weighted by molar-refractivity contribution is -0.119. The van der Waals surface area contributed by atoms with E-state index < -0.39 is 6.04 Å². The van der Waals surface area contributed by atoms with E-state index in [4.69, 9.17) is 11.1 Å². The summed E-state index contributed by atoms with van der Waals surface area (Å²) in [5.41, 5.74) is 8.47. The second kappa shape index (κ2) is 9.91. The van der Waals surface area contributed by atoms with Crippen LogP contribution in [0.1, 0.15) is 44.6 Å². The van der Waals surface area contributed by atoms with Gasteiger partial charge < -0.3 is 21.3 Å². The molecule has 0 radical (unpaired) electrons. The van der Waals surface area contributed by atoms with Crippen LogP contribution in [0.25, 0.3) is 0 Å². The lowest BCUT2D eigenvalue weighted by Gasteiger charge is -2.27. The maximum absolute atomic E-state index is 12.9. The molecule has 1 saturated heterocycles. The van der Waals surface area contributed by atoms with Gasteiger partial charge in [-0.15, -0.1) is 0 Å². The highest BCUT2D eigenvalue weighted by atomic mass is 16.2. The molecule has 3 rings (SSSR count). The summed E-state index contributed by atoms with van der Waals surface area (Å²) in [7, 11) is 0. The number of amidine groups is 1. The first-order valence-electron chi connectivity index (χ1n) is 10.4. The summed E-state index contributed by atoms with van der Waals surface area (Å²) >= 11 is 0. The third-order valence-corrected chi connectivity index (χ3v) is 5.18. The Labute approximate surface area is 177 Å². The van der Waals surface area contributed by atoms with E-state index >= 15 is 0 Å². The van der Waals surface area contributed by atoms with Crippen molar-refractivity contribution >= 4 is 34.7 Å². The normalized spacial score (nSPS) is 14.8. The number of amides is 2. The van der Waals surface area contributed by atoms with E-state index in [0.29, 0.717) is 24.1 Å². The fourth-order valence-corrected chi connectivity index (χ4v) is 3.57. The number of carbonyl (C=O) groups excluding carboxylic acids is 2. The molecule has 0 spiro atoms. The van der Waals surface area contributed by atoms with E-state index in [2.05, 4.69) is 10.6 Å². The van der Waals surface area contributed by atoms with Crippen molar-refractivity contribution in [2.45, 2.75) is 45.1 Å². The van der Waals surface area contributed by atoms with Gasteiger partial charge in [0.05, 0.1) is 0 Å². The summed E-state index contributed by atoms with van der Waals surface area (Å²) in [6, 6.07) is 14.2. The molecule has 1 unspecified atom stereocenters. The maximum Gasteiger partial charge on any atom is 0.246 e. The van der Waals surface area contributed by atoms with Gasteiger partial charge in [0.2, 0.25) is 11.8 Å². The Morgan fingerprint density at radius 2 is 1.93 bits per heavy atom. The lowest BCUT2D eigenvalue weighted by Crippen LogP contribution is -2.35. The van der Waals surface area contributed by atoms with Gasteiger partial charge in [0.1, 0.15) is 11.9 Å². The Morgan fingerprint density at radius 3 is 2.60 bits per heavy atom. The third kappa shape index (κ3) is 5.37. The summed E-state index contributed by atoms with van der Waals surface area (Å²) in [4.78, 5) is 26.7. The number of hydrogen-bond acceptors (Lipinski definition) is 4. The molecule has 2 amide bonds. The Bertz CT molecular complexity index is 910. The van der Waals surface area contributed by atoms with Gasteiger partial charge in [0.25, 0.3) is 0 Å². The van der Waals surface area contributed by atoms with Crippen LogP contribution >= 0.6 is 0 Å². The average molecular weight is 408 g/mol. The van der Waals surface area contributed by atoms with Gasteiger partial charge in [0, 0.05) is 35.6 Å². The molecule has 2 aromatic rings. The first kappa shape index (κ1) is 21.4. The zero-order chi connectivity index (χ0) is 21.5. The number of benzene rings is 2. The highest BCUT2D eigenvalue weighted by Crippen LogP contribution is 2.23. The van der Waals surface area contributed by atoms with Gasteiger partial charge in [-0.05, 0) is 55.7 Å². The van der Waals surface area contributed by atoms with Crippen LogP contribution in [0.2, 0.25) is 0 Å². The zero-order valence-electron chi connectivity index (χ0n) is 17.3. The molecule has 1 aliphatic heterocycles. The Balaban J connectivity index is 1.66. The van der Waals surface area contributed by atoms with Crippen LogP contribution in [0.4, 0.5) is 17.1 Å². The molecule has 2 aromatic carbocycles. The molecule has 1 atom stereocenters. The summed E-state index contributed by atoms with van der Waals surface area (Å²) in [6.07, 6.45) is 4.06. The second-order valence-corrected chi connectivity index (χ2v) is 7.52. The number of nitrogens with two attached hydrogens (primary N) is 1. The molecule has 1 fully saturated rings. The number of hydrogen-bond donors (Lipinski definition) is 4. The van der Waals surface area contributed by atoms with Crippen LogP contribution in [-0.4, -0.2) is 30.2 Å². The number of anilines is 3. The van der Waals surface area contributed by atoms with Crippen LogP contribution in [0.5, 0.6) is 0 Å². The van der Waals surface area contributed by atoms with Crippen LogP contribution in [0, 0.1) is 5.41 Å². The zero-order valence-corrected chi connectivity index (χ0v) is 17.3. The van der Waals surface area contributed by atoms with E-state index in [1.165, 1.54) is 0 Å². The third-order valence-electron chi connectivity index (χ3n) is 5.18. The van der Waals surface area contributed by atoms with Crippen molar-refractivity contribution in [1.82, 2.24) is 0 Å². The minimum absolute atomic E-state index is 0.0116. The topological polar surface area (TPSA) is 111 Å². The monoisotopic (exact) mass is 407 g/mol. The molecular formula is C23H29N5O2. The highest BCUT2D eigenvalue weighted by molar-refractivity contribution is 5.98. The first-order chi connectivity index (χ1) is 14.5. The molecule has 0 aliphatic carbocycles. The molecule has 7 heteroatoms. The summed E-state index contributed by atoms with van der Waals surface area (Å²) < 4.78 is 0. The van der Waals surface area contributed by atoms with Crippen molar-refractivity contribution in [3.05, 3.63) is 54.1 Å². The van der Waals surface area contributed by atoms with E-state index in [1.54, 1.807) is 23.1 Å². The predicted octanol–water partition coefficient (Wildman–Crippen LogP) is 3.71. The van der Waals surface area contributed by atoms with Crippen molar-refractivity contribution in [2.24, 2.45) is 5.73 Å². The molecule has 158 valence electrons. The maximum atomic E-state index is 12.9. The Kier molecular flexibility index (Phi) is 7.06. The number of piperidine rings is 1. The predicted molar refractivity (Wildman–Crippen MR) is 121 cm³/mol. The lowest BCUT2D eigenvalue weighted by atomic mass is 10.1. The summed E-state index contributed by atoms with van der Waals surface area (Å²) in [6.45, 7) is 2.77. The molecule has 30 heavy (non-hydrogen) atoms. The van der Waals surface area contributed by atoms with Gasteiger partial charge in [-0.25, -0.2) is 0 Å². The molecule has 1 aliphatic rings. The number of nitrogens with zero attached hydrogens (tertiary/aromatic N) is 1. The van der Waals surface area contributed by atoms with Crippen molar-refractivity contribution in [2.75, 3.05) is 22.1 Å². The number of carbonyl (C=O) groups is 2. The molecule has 1 heterocycles. The molecule has 0 saturated carbocycles. The quantitative estimate of drug-likeness (QED) is 0.395. The van der Waals surface area contributed by atoms with Crippen molar-refractivity contribution in [1.29, 1.82) is 5.41 Å². The SMILES string of the molecule is CCCC(Nc1cccc(C(=N)N)c1)C(=O)Nc1ccc(N2CCCCC2=O)cc1. The standard InChI is InChI=1S/C23H29N5O2/c1-2-6-20(26-18-8-5-7-16(15-18)22(24)25)23(30)27-17-10-12-19(13-11-17)28-14-4-3-9-21(28)29/h5,7-8,10-13,15,20,26H,2-4,6,9,14H2,1H3,(H3,24,25)(H,27,30). The highest BCUT2D eigenvalue weighted by Gasteiger charge is 2.20. The molecule has 7 nitrogen and oxygen atoms in total. The van der Waals surface area contributed by atoms with Crippen LogP contribution in [0.3, 0.4) is 0 Å². The fourth-order valence-electron chi connectivity index (χ4n) is 3.57. The van der Waals surface area contributed by atoms with E-state index in [-0.39, 0.29) is 17.6 Å². The first-order valence-corrected chi connectivity index (χ1v) is 10.4. The Hall–Kier alpha value is -3.35. The van der Waals surface area contributed by atoms with Gasteiger partial charge in [-0.2, -0.15) is 0 Å². The molecule has 0 aromatic heterocycles. The minimum atomic E-state index is -0.416. The van der Waals surface area contributed by atoms with E-state index in [9.17, 15) is 9.59 Å². The Morgan fingerprint density at radius 1 is 1.17 bits per heavy atom.